The van der Waals surface area contributed by atoms with Crippen LogP contribution < -0.4 is 0 Å². The minimum Gasteiger partial charge on any atom is -0.501 e. The van der Waals surface area contributed by atoms with E-state index >= 15 is 0 Å². The molecule has 0 N–H and O–H groups in total. The van der Waals surface area contributed by atoms with E-state index in [9.17, 15) is 0 Å². The summed E-state index contributed by atoms with van der Waals surface area (Å²) in [5.41, 5.74) is 2.77. The van der Waals surface area contributed by atoms with Crippen molar-refractivity contribution < 1.29 is 9.47 Å². The minimum atomic E-state index is 0.436. The molecule has 0 radical (unpaired) electrons. The summed E-state index contributed by atoms with van der Waals surface area (Å²) >= 11 is 0. The van der Waals surface area contributed by atoms with Crippen molar-refractivity contribution in [2.75, 3.05) is 13.2 Å². The van der Waals surface area contributed by atoms with Crippen LogP contribution in [-0.2, 0) is 9.47 Å². The van der Waals surface area contributed by atoms with Crippen molar-refractivity contribution in [1.29, 1.82) is 0 Å². The molecule has 0 aromatic heterocycles. The van der Waals surface area contributed by atoms with E-state index in [-0.39, 0.29) is 0 Å². The predicted octanol–water partition coefficient (Wildman–Crippen LogP) is 4.14. The summed E-state index contributed by atoms with van der Waals surface area (Å²) in [6.45, 7) is 3.92. The van der Waals surface area contributed by atoms with Gasteiger partial charge in [0.25, 0.3) is 0 Å². The van der Waals surface area contributed by atoms with Crippen molar-refractivity contribution in [3.63, 3.8) is 0 Å². The molecule has 1 aromatic carbocycles. The van der Waals surface area contributed by atoms with Crippen LogP contribution in [0.2, 0.25) is 0 Å². The smallest absolute Gasteiger partial charge is 0.0897 e. The van der Waals surface area contributed by atoms with Crippen LogP contribution in [-0.4, -0.2) is 19.3 Å². The van der Waals surface area contributed by atoms with Gasteiger partial charge >= 0.3 is 0 Å². The van der Waals surface area contributed by atoms with Crippen LogP contribution in [0.1, 0.15) is 36.8 Å². The van der Waals surface area contributed by atoms with Crippen molar-refractivity contribution in [3.8, 4) is 0 Å². The number of fused-ring (bicyclic) bond motifs is 1. The Morgan fingerprint density at radius 2 is 2.25 bits per heavy atom. The van der Waals surface area contributed by atoms with E-state index < -0.39 is 0 Å². The van der Waals surface area contributed by atoms with E-state index in [0.717, 1.165) is 19.6 Å². The molecule has 1 heterocycles. The van der Waals surface area contributed by atoms with Gasteiger partial charge in [0, 0.05) is 18.9 Å². The molecule has 20 heavy (non-hydrogen) atoms. The fourth-order valence-electron chi connectivity index (χ4n) is 2.81. The zero-order valence-electron chi connectivity index (χ0n) is 12.0. The Morgan fingerprint density at radius 1 is 1.40 bits per heavy atom. The largest absolute Gasteiger partial charge is 0.501 e. The molecule has 1 aliphatic carbocycles. The van der Waals surface area contributed by atoms with Gasteiger partial charge in [0.15, 0.2) is 0 Å². The zero-order chi connectivity index (χ0) is 13.8. The molecule has 2 heteroatoms. The van der Waals surface area contributed by atoms with Gasteiger partial charge in [-0.1, -0.05) is 43.3 Å². The number of hydrogen-bond donors (Lipinski definition) is 0. The van der Waals surface area contributed by atoms with Crippen LogP contribution in [0.4, 0.5) is 0 Å². The Morgan fingerprint density at radius 3 is 3.05 bits per heavy atom. The van der Waals surface area contributed by atoms with Crippen LogP contribution in [0, 0.1) is 5.92 Å². The van der Waals surface area contributed by atoms with E-state index in [4.69, 9.17) is 9.47 Å². The Hall–Kier alpha value is -1.54. The molecule has 3 atom stereocenters. The summed E-state index contributed by atoms with van der Waals surface area (Å²) in [6, 6.07) is 8.61. The normalized spacial score (nSPS) is 25.4. The van der Waals surface area contributed by atoms with Gasteiger partial charge in [-0.25, -0.2) is 0 Å². The predicted molar refractivity (Wildman–Crippen MR) is 81.4 cm³/mol. The highest BCUT2D eigenvalue weighted by molar-refractivity contribution is 5.62. The second-order valence-electron chi connectivity index (χ2n) is 5.64. The molecule has 0 spiro atoms. The van der Waals surface area contributed by atoms with Gasteiger partial charge < -0.3 is 9.47 Å². The van der Waals surface area contributed by atoms with Gasteiger partial charge in [-0.15, -0.1) is 0 Å². The standard InChI is InChI=1S/C18H22O2/c1-14(8-11-19-12-9-16-10-13-20-16)17-7-6-15-4-2-3-5-18(15)17/h2-8,11,14,16-17H,9-10,12-13H2,1H3. The minimum absolute atomic E-state index is 0.436. The Balaban J connectivity index is 1.47. The first-order valence-electron chi connectivity index (χ1n) is 7.51. The third-order valence-electron chi connectivity index (χ3n) is 4.23. The highest BCUT2D eigenvalue weighted by Crippen LogP contribution is 2.35. The number of allylic oxidation sites excluding steroid dienone is 2. The fraction of sp³-hybridized carbons (Fsp3) is 0.444. The van der Waals surface area contributed by atoms with Crippen LogP contribution in [0.25, 0.3) is 6.08 Å². The molecule has 0 amide bonds. The lowest BCUT2D eigenvalue weighted by molar-refractivity contribution is -0.0618. The van der Waals surface area contributed by atoms with Crippen molar-refractivity contribution in [2.24, 2.45) is 5.92 Å². The molecular formula is C18H22O2. The molecule has 1 fully saturated rings. The lowest BCUT2D eigenvalue weighted by Gasteiger charge is -2.25. The quantitative estimate of drug-likeness (QED) is 0.571. The summed E-state index contributed by atoms with van der Waals surface area (Å²) < 4.78 is 10.9. The molecule has 2 nitrogen and oxygen atoms in total. The topological polar surface area (TPSA) is 18.5 Å². The molecule has 3 rings (SSSR count). The van der Waals surface area contributed by atoms with Crippen LogP contribution >= 0.6 is 0 Å². The third-order valence-corrected chi connectivity index (χ3v) is 4.23. The summed E-state index contributed by atoms with van der Waals surface area (Å²) in [7, 11) is 0. The van der Waals surface area contributed by atoms with E-state index in [1.165, 1.54) is 17.5 Å². The van der Waals surface area contributed by atoms with Gasteiger partial charge in [0.1, 0.15) is 0 Å². The van der Waals surface area contributed by atoms with Gasteiger partial charge in [-0.3, -0.25) is 0 Å². The van der Waals surface area contributed by atoms with E-state index in [1.807, 2.05) is 6.26 Å². The molecular weight excluding hydrogens is 248 g/mol. The molecule has 3 unspecified atom stereocenters. The maximum absolute atomic E-state index is 5.57. The van der Waals surface area contributed by atoms with Crippen molar-refractivity contribution in [1.82, 2.24) is 0 Å². The highest BCUT2D eigenvalue weighted by atomic mass is 16.5. The van der Waals surface area contributed by atoms with Crippen LogP contribution in [0.3, 0.4) is 0 Å². The molecule has 0 saturated carbocycles. The summed E-state index contributed by atoms with van der Waals surface area (Å²) in [4.78, 5) is 0. The summed E-state index contributed by atoms with van der Waals surface area (Å²) in [6.07, 6.45) is 11.2. The monoisotopic (exact) mass is 270 g/mol. The maximum atomic E-state index is 5.57. The average Bonchev–Trinajstić information content (AvgIpc) is 2.84. The Bertz CT molecular complexity index is 500. The van der Waals surface area contributed by atoms with E-state index in [2.05, 4.69) is 49.4 Å². The van der Waals surface area contributed by atoms with E-state index in [0.29, 0.717) is 17.9 Å². The average molecular weight is 270 g/mol. The van der Waals surface area contributed by atoms with Gasteiger partial charge in [-0.05, 0) is 29.5 Å². The molecule has 0 bridgehead atoms. The lowest BCUT2D eigenvalue weighted by Crippen LogP contribution is -2.27. The fourth-order valence-corrected chi connectivity index (χ4v) is 2.81. The Kier molecular flexibility index (Phi) is 4.22. The number of ether oxygens (including phenoxy) is 2. The Labute approximate surface area is 121 Å². The number of hydrogen-bond acceptors (Lipinski definition) is 2. The maximum Gasteiger partial charge on any atom is 0.0897 e. The van der Waals surface area contributed by atoms with E-state index in [1.54, 1.807) is 0 Å². The van der Waals surface area contributed by atoms with Gasteiger partial charge in [-0.2, -0.15) is 0 Å². The summed E-state index contributed by atoms with van der Waals surface area (Å²) in [5, 5.41) is 0. The van der Waals surface area contributed by atoms with Gasteiger partial charge in [0.2, 0.25) is 0 Å². The zero-order valence-corrected chi connectivity index (χ0v) is 12.0. The SMILES string of the molecule is CC(C=COCCC1CCO1)C1C=Cc2ccccc21. The molecule has 1 aromatic rings. The lowest BCUT2D eigenvalue weighted by atomic mass is 9.89. The second-order valence-corrected chi connectivity index (χ2v) is 5.64. The molecule has 1 saturated heterocycles. The van der Waals surface area contributed by atoms with Crippen molar-refractivity contribution in [3.05, 3.63) is 53.8 Å². The van der Waals surface area contributed by atoms with Crippen molar-refractivity contribution in [2.45, 2.75) is 31.8 Å². The highest BCUT2D eigenvalue weighted by Gasteiger charge is 2.21. The molecule has 1 aliphatic heterocycles. The summed E-state index contributed by atoms with van der Waals surface area (Å²) in [5.74, 6) is 0.927. The number of benzene rings is 1. The van der Waals surface area contributed by atoms with Crippen molar-refractivity contribution >= 4 is 6.08 Å². The second kappa shape index (κ2) is 6.27. The first-order chi connectivity index (χ1) is 9.84. The third kappa shape index (κ3) is 2.96. The first kappa shape index (κ1) is 13.4. The molecule has 106 valence electrons. The molecule has 2 aliphatic rings. The van der Waals surface area contributed by atoms with Gasteiger partial charge in [0.05, 0.1) is 19.0 Å². The number of rotatable bonds is 6. The van der Waals surface area contributed by atoms with Crippen LogP contribution in [0.5, 0.6) is 0 Å². The van der Waals surface area contributed by atoms with Crippen LogP contribution in [0.15, 0.2) is 42.7 Å². The first-order valence-corrected chi connectivity index (χ1v) is 7.51.